The minimum absolute atomic E-state index is 0.0398. The fourth-order valence-electron chi connectivity index (χ4n) is 2.46. The summed E-state index contributed by atoms with van der Waals surface area (Å²) in [5.41, 5.74) is 1.92. The fraction of sp³-hybridized carbons (Fsp3) is 0.583. The smallest absolute Gasteiger partial charge is 0.389 e. The zero-order valence-corrected chi connectivity index (χ0v) is 10.2. The summed E-state index contributed by atoms with van der Waals surface area (Å²) < 4.78 is 38.1. The standard InChI is InChI=1S/C12H15F3N2O/c1-7-11(9-3-4-10(18)5-9)8(2)17(16-7)6-12(13,14)15/h3-4,9-10,18H,5-6H2,1-2H3/t9-,10+/m0/s1. The van der Waals surface area contributed by atoms with Crippen molar-refractivity contribution in [1.82, 2.24) is 9.78 Å². The number of nitrogens with zero attached hydrogens (tertiary/aromatic N) is 2. The van der Waals surface area contributed by atoms with Gasteiger partial charge in [0.25, 0.3) is 0 Å². The van der Waals surface area contributed by atoms with Gasteiger partial charge in [-0.1, -0.05) is 12.2 Å². The van der Waals surface area contributed by atoms with E-state index in [1.807, 2.05) is 6.08 Å². The van der Waals surface area contributed by atoms with E-state index < -0.39 is 18.8 Å². The van der Waals surface area contributed by atoms with Crippen molar-refractivity contribution in [2.24, 2.45) is 0 Å². The van der Waals surface area contributed by atoms with E-state index in [0.717, 1.165) is 10.2 Å². The Morgan fingerprint density at radius 3 is 2.56 bits per heavy atom. The number of aromatic nitrogens is 2. The van der Waals surface area contributed by atoms with Gasteiger partial charge in [0.05, 0.1) is 11.8 Å². The van der Waals surface area contributed by atoms with Gasteiger partial charge in [-0.2, -0.15) is 18.3 Å². The summed E-state index contributed by atoms with van der Waals surface area (Å²) in [4.78, 5) is 0. The maximum absolute atomic E-state index is 12.4. The van der Waals surface area contributed by atoms with Crippen molar-refractivity contribution in [2.75, 3.05) is 0 Å². The monoisotopic (exact) mass is 260 g/mol. The van der Waals surface area contributed by atoms with Crippen molar-refractivity contribution in [2.45, 2.75) is 45.0 Å². The first kappa shape index (κ1) is 13.1. The highest BCUT2D eigenvalue weighted by molar-refractivity contribution is 5.34. The van der Waals surface area contributed by atoms with Gasteiger partial charge in [0.2, 0.25) is 0 Å². The van der Waals surface area contributed by atoms with Crippen LogP contribution in [-0.4, -0.2) is 27.2 Å². The highest BCUT2D eigenvalue weighted by atomic mass is 19.4. The molecule has 3 nitrogen and oxygen atoms in total. The van der Waals surface area contributed by atoms with Gasteiger partial charge < -0.3 is 5.11 Å². The number of aliphatic hydroxyl groups is 1. The van der Waals surface area contributed by atoms with Gasteiger partial charge in [0.15, 0.2) is 0 Å². The van der Waals surface area contributed by atoms with Gasteiger partial charge >= 0.3 is 6.18 Å². The van der Waals surface area contributed by atoms with Crippen LogP contribution < -0.4 is 0 Å². The molecule has 0 radical (unpaired) electrons. The Hall–Kier alpha value is -1.30. The molecule has 0 spiro atoms. The summed E-state index contributed by atoms with van der Waals surface area (Å²) in [6.45, 7) is 2.27. The molecular formula is C12H15F3N2O. The van der Waals surface area contributed by atoms with Crippen molar-refractivity contribution >= 4 is 0 Å². The maximum Gasteiger partial charge on any atom is 0.408 e. The molecule has 0 bridgehead atoms. The average molecular weight is 260 g/mol. The third-order valence-electron chi connectivity index (χ3n) is 3.20. The molecule has 1 aliphatic rings. The van der Waals surface area contributed by atoms with E-state index in [9.17, 15) is 18.3 Å². The quantitative estimate of drug-likeness (QED) is 0.829. The van der Waals surface area contributed by atoms with Crippen LogP contribution in [0.25, 0.3) is 0 Å². The molecule has 1 heterocycles. The van der Waals surface area contributed by atoms with E-state index >= 15 is 0 Å². The molecule has 6 heteroatoms. The molecule has 100 valence electrons. The Morgan fingerprint density at radius 2 is 2.06 bits per heavy atom. The SMILES string of the molecule is Cc1nn(CC(F)(F)F)c(C)c1[C@H]1C=C[C@@H](O)C1. The zero-order valence-electron chi connectivity index (χ0n) is 10.2. The molecule has 1 aromatic heterocycles. The van der Waals surface area contributed by atoms with Crippen LogP contribution >= 0.6 is 0 Å². The van der Waals surface area contributed by atoms with Gasteiger partial charge in [-0.15, -0.1) is 0 Å². The Balaban J connectivity index is 2.30. The number of allylic oxidation sites excluding steroid dienone is 1. The number of hydrogen-bond donors (Lipinski definition) is 1. The number of hydrogen-bond acceptors (Lipinski definition) is 2. The van der Waals surface area contributed by atoms with Crippen molar-refractivity contribution in [1.29, 1.82) is 0 Å². The summed E-state index contributed by atoms with van der Waals surface area (Å²) in [6, 6.07) is 0. The summed E-state index contributed by atoms with van der Waals surface area (Å²) in [7, 11) is 0. The Labute approximate surface area is 103 Å². The molecule has 0 unspecified atom stereocenters. The Kier molecular flexibility index (Phi) is 3.23. The van der Waals surface area contributed by atoms with Crippen LogP contribution in [0.4, 0.5) is 13.2 Å². The highest BCUT2D eigenvalue weighted by Gasteiger charge is 2.31. The van der Waals surface area contributed by atoms with E-state index in [0.29, 0.717) is 17.8 Å². The van der Waals surface area contributed by atoms with Crippen LogP contribution in [-0.2, 0) is 6.54 Å². The third-order valence-corrected chi connectivity index (χ3v) is 3.20. The first-order valence-corrected chi connectivity index (χ1v) is 5.75. The molecule has 0 aliphatic heterocycles. The molecule has 18 heavy (non-hydrogen) atoms. The molecule has 1 aromatic rings. The molecular weight excluding hydrogens is 245 g/mol. The van der Waals surface area contributed by atoms with E-state index in [1.165, 1.54) is 0 Å². The summed E-state index contributed by atoms with van der Waals surface area (Å²) in [5.74, 6) is -0.0398. The van der Waals surface area contributed by atoms with Crippen LogP contribution in [0.3, 0.4) is 0 Å². The number of aliphatic hydroxyl groups excluding tert-OH is 1. The highest BCUT2D eigenvalue weighted by Crippen LogP contribution is 2.33. The second-order valence-electron chi connectivity index (χ2n) is 4.65. The predicted octanol–water partition coefficient (Wildman–Crippen LogP) is 2.47. The molecule has 0 saturated carbocycles. The molecule has 0 aromatic carbocycles. The van der Waals surface area contributed by atoms with Crippen molar-refractivity contribution in [3.8, 4) is 0 Å². The minimum Gasteiger partial charge on any atom is -0.389 e. The van der Waals surface area contributed by atoms with Crippen molar-refractivity contribution in [3.05, 3.63) is 29.1 Å². The largest absolute Gasteiger partial charge is 0.408 e. The van der Waals surface area contributed by atoms with Crippen molar-refractivity contribution in [3.63, 3.8) is 0 Å². The van der Waals surface area contributed by atoms with Gasteiger partial charge in [-0.3, -0.25) is 4.68 Å². The number of halogens is 3. The Morgan fingerprint density at radius 1 is 1.39 bits per heavy atom. The minimum atomic E-state index is -4.27. The fourth-order valence-corrected chi connectivity index (χ4v) is 2.46. The molecule has 0 saturated heterocycles. The number of alkyl halides is 3. The second kappa shape index (κ2) is 4.42. The lowest BCUT2D eigenvalue weighted by Gasteiger charge is -2.11. The first-order valence-electron chi connectivity index (χ1n) is 5.75. The zero-order chi connectivity index (χ0) is 13.5. The molecule has 2 atom stereocenters. The summed E-state index contributed by atoms with van der Waals surface area (Å²) in [5, 5.41) is 13.4. The van der Waals surface area contributed by atoms with E-state index in [1.54, 1.807) is 19.9 Å². The van der Waals surface area contributed by atoms with Gasteiger partial charge in [-0.25, -0.2) is 0 Å². The third kappa shape index (κ3) is 2.58. The maximum atomic E-state index is 12.4. The van der Waals surface area contributed by atoms with Crippen LogP contribution in [0.5, 0.6) is 0 Å². The molecule has 0 amide bonds. The summed E-state index contributed by atoms with van der Waals surface area (Å²) >= 11 is 0. The molecule has 2 rings (SSSR count). The lowest BCUT2D eigenvalue weighted by molar-refractivity contribution is -0.142. The normalized spacial score (nSPS) is 23.9. The van der Waals surface area contributed by atoms with E-state index in [-0.39, 0.29) is 5.92 Å². The predicted molar refractivity (Wildman–Crippen MR) is 60.3 cm³/mol. The van der Waals surface area contributed by atoms with Gasteiger partial charge in [-0.05, 0) is 20.3 Å². The average Bonchev–Trinajstić information content (AvgIpc) is 2.71. The van der Waals surface area contributed by atoms with Crippen LogP contribution in [0.1, 0.15) is 29.3 Å². The number of aryl methyl sites for hydroxylation is 1. The lowest BCUT2D eigenvalue weighted by atomic mass is 9.96. The molecule has 1 N–H and O–H groups in total. The van der Waals surface area contributed by atoms with Gasteiger partial charge in [0.1, 0.15) is 6.54 Å². The molecule has 1 aliphatic carbocycles. The van der Waals surface area contributed by atoms with Crippen LogP contribution in [0, 0.1) is 13.8 Å². The topological polar surface area (TPSA) is 38.0 Å². The Bertz CT molecular complexity index is 476. The van der Waals surface area contributed by atoms with Gasteiger partial charge in [0, 0.05) is 17.2 Å². The van der Waals surface area contributed by atoms with Crippen LogP contribution in [0.2, 0.25) is 0 Å². The summed E-state index contributed by atoms with van der Waals surface area (Å²) in [6.07, 6.45) is -0.769. The second-order valence-corrected chi connectivity index (χ2v) is 4.65. The van der Waals surface area contributed by atoms with Crippen molar-refractivity contribution < 1.29 is 18.3 Å². The first-order chi connectivity index (χ1) is 8.28. The van der Waals surface area contributed by atoms with E-state index in [2.05, 4.69) is 5.10 Å². The molecule has 0 fully saturated rings. The number of rotatable bonds is 2. The lowest BCUT2D eigenvalue weighted by Crippen LogP contribution is -2.19. The van der Waals surface area contributed by atoms with Crippen LogP contribution in [0.15, 0.2) is 12.2 Å². The van der Waals surface area contributed by atoms with E-state index in [4.69, 9.17) is 0 Å².